The molecule has 2 nitrogen and oxygen atoms in total. The van der Waals surface area contributed by atoms with Gasteiger partial charge in [-0.3, -0.25) is 4.90 Å². The molecule has 0 aromatic heterocycles. The smallest absolute Gasteiger partial charge is 0.127 e. The van der Waals surface area contributed by atoms with Gasteiger partial charge in [-0.05, 0) is 44.1 Å². The molecule has 1 atom stereocenters. The summed E-state index contributed by atoms with van der Waals surface area (Å²) >= 11 is 3.37. The summed E-state index contributed by atoms with van der Waals surface area (Å²) in [6, 6.07) is 5.70. The van der Waals surface area contributed by atoms with Crippen molar-refractivity contribution in [2.24, 2.45) is 0 Å². The van der Waals surface area contributed by atoms with Gasteiger partial charge < -0.3 is 5.32 Å². The van der Waals surface area contributed by atoms with Crippen LogP contribution < -0.4 is 5.32 Å². The maximum Gasteiger partial charge on any atom is 0.127 e. The van der Waals surface area contributed by atoms with Crippen LogP contribution in [0.4, 0.5) is 4.39 Å². The first kappa shape index (κ1) is 14.0. The largest absolute Gasteiger partial charge is 0.311 e. The minimum Gasteiger partial charge on any atom is -0.311 e. The van der Waals surface area contributed by atoms with Gasteiger partial charge in [0.2, 0.25) is 0 Å². The van der Waals surface area contributed by atoms with E-state index in [-0.39, 0.29) is 5.82 Å². The van der Waals surface area contributed by atoms with Crippen molar-refractivity contribution in [1.82, 2.24) is 10.2 Å². The fourth-order valence-corrected chi connectivity index (χ4v) is 3.00. The maximum atomic E-state index is 13.5. The molecule has 0 spiro atoms. The van der Waals surface area contributed by atoms with Gasteiger partial charge in [-0.2, -0.15) is 0 Å². The lowest BCUT2D eigenvalue weighted by molar-refractivity contribution is 0.259. The predicted octanol–water partition coefficient (Wildman–Crippen LogP) is 3.16. The van der Waals surface area contributed by atoms with Crippen molar-refractivity contribution in [2.45, 2.75) is 32.4 Å². The molecule has 2 rings (SSSR count). The third-order valence-electron chi connectivity index (χ3n) is 3.61. The summed E-state index contributed by atoms with van der Waals surface area (Å²) in [6.45, 7) is 6.05. The summed E-state index contributed by atoms with van der Waals surface area (Å²) in [5.41, 5.74) is 0.727. The average Bonchev–Trinajstić information content (AvgIpc) is 2.81. The number of halogens is 2. The van der Waals surface area contributed by atoms with Gasteiger partial charge in [-0.15, -0.1) is 0 Å². The van der Waals surface area contributed by atoms with Gasteiger partial charge in [0.1, 0.15) is 5.82 Å². The Morgan fingerprint density at radius 1 is 1.50 bits per heavy atom. The molecular formula is C14H20BrFN2. The number of likely N-dealkylation sites (tertiary alicyclic amines) is 1. The molecule has 1 aromatic rings. The lowest BCUT2D eigenvalue weighted by atomic mass is 10.2. The first-order chi connectivity index (χ1) is 8.70. The average molecular weight is 315 g/mol. The Kier molecular flexibility index (Phi) is 5.15. The molecule has 100 valence electrons. The number of benzene rings is 1. The lowest BCUT2D eigenvalue weighted by Gasteiger charge is -2.23. The fraction of sp³-hybridized carbons (Fsp3) is 0.571. The highest BCUT2D eigenvalue weighted by Gasteiger charge is 2.22. The van der Waals surface area contributed by atoms with Crippen LogP contribution in [0.1, 0.15) is 25.3 Å². The molecule has 0 saturated carbocycles. The Hall–Kier alpha value is -0.450. The van der Waals surface area contributed by atoms with Crippen molar-refractivity contribution in [1.29, 1.82) is 0 Å². The molecule has 1 aliphatic heterocycles. The monoisotopic (exact) mass is 314 g/mol. The summed E-state index contributed by atoms with van der Waals surface area (Å²) in [5, 5.41) is 3.37. The highest BCUT2D eigenvalue weighted by atomic mass is 79.9. The van der Waals surface area contributed by atoms with E-state index in [0.29, 0.717) is 12.6 Å². The molecule has 0 bridgehead atoms. The molecule has 18 heavy (non-hydrogen) atoms. The quantitative estimate of drug-likeness (QED) is 0.898. The molecule has 1 aromatic carbocycles. The zero-order chi connectivity index (χ0) is 13.0. The Morgan fingerprint density at radius 2 is 2.33 bits per heavy atom. The van der Waals surface area contributed by atoms with Gasteiger partial charge in [0, 0.05) is 29.2 Å². The number of hydrogen-bond donors (Lipinski definition) is 1. The highest BCUT2D eigenvalue weighted by molar-refractivity contribution is 9.10. The third kappa shape index (κ3) is 3.53. The molecule has 0 radical (unpaired) electrons. The Morgan fingerprint density at radius 3 is 3.11 bits per heavy atom. The number of nitrogens with zero attached hydrogens (tertiary/aromatic N) is 1. The molecule has 1 aliphatic rings. The number of likely N-dealkylation sites (N-methyl/N-ethyl adjacent to an activating group) is 1. The molecule has 1 N–H and O–H groups in total. The summed E-state index contributed by atoms with van der Waals surface area (Å²) < 4.78 is 14.5. The van der Waals surface area contributed by atoms with E-state index in [0.717, 1.165) is 23.1 Å². The van der Waals surface area contributed by atoms with Crippen LogP contribution in [0.15, 0.2) is 22.7 Å². The standard InChI is InChI=1S/C14H20BrFN2/c1-2-18-7-3-4-13(18)10-17-9-11-8-12(15)5-6-14(11)16/h5-6,8,13,17H,2-4,7,9-10H2,1H3. The highest BCUT2D eigenvalue weighted by Crippen LogP contribution is 2.17. The summed E-state index contributed by atoms with van der Waals surface area (Å²) in [4.78, 5) is 2.49. The molecule has 1 unspecified atom stereocenters. The van der Waals surface area contributed by atoms with Crippen molar-refractivity contribution in [2.75, 3.05) is 19.6 Å². The van der Waals surface area contributed by atoms with Gasteiger partial charge in [0.05, 0.1) is 0 Å². The third-order valence-corrected chi connectivity index (χ3v) is 4.10. The van der Waals surface area contributed by atoms with E-state index in [1.54, 1.807) is 6.07 Å². The molecule has 1 fully saturated rings. The fourth-order valence-electron chi connectivity index (χ4n) is 2.59. The van der Waals surface area contributed by atoms with Crippen LogP contribution in [0, 0.1) is 5.82 Å². The zero-order valence-corrected chi connectivity index (χ0v) is 12.3. The van der Waals surface area contributed by atoms with Gasteiger partial charge in [0.25, 0.3) is 0 Å². The van der Waals surface area contributed by atoms with Crippen molar-refractivity contribution in [3.63, 3.8) is 0 Å². The van der Waals surface area contributed by atoms with Gasteiger partial charge in [0.15, 0.2) is 0 Å². The Labute approximate surface area is 117 Å². The minimum atomic E-state index is -0.135. The molecule has 1 heterocycles. The first-order valence-corrected chi connectivity index (χ1v) is 7.38. The van der Waals surface area contributed by atoms with E-state index in [2.05, 4.69) is 33.1 Å². The summed E-state index contributed by atoms with van der Waals surface area (Å²) in [5.74, 6) is -0.135. The van der Waals surface area contributed by atoms with Crippen LogP contribution >= 0.6 is 15.9 Å². The van der Waals surface area contributed by atoms with Crippen molar-refractivity contribution in [3.05, 3.63) is 34.1 Å². The van der Waals surface area contributed by atoms with Crippen LogP contribution in [-0.2, 0) is 6.54 Å². The van der Waals surface area contributed by atoms with E-state index < -0.39 is 0 Å². The van der Waals surface area contributed by atoms with E-state index >= 15 is 0 Å². The number of hydrogen-bond acceptors (Lipinski definition) is 2. The second-order valence-corrected chi connectivity index (χ2v) is 5.71. The maximum absolute atomic E-state index is 13.5. The minimum absolute atomic E-state index is 0.135. The molecular weight excluding hydrogens is 295 g/mol. The molecule has 0 amide bonds. The van der Waals surface area contributed by atoms with Gasteiger partial charge in [-0.1, -0.05) is 22.9 Å². The second-order valence-electron chi connectivity index (χ2n) is 4.79. The van der Waals surface area contributed by atoms with Crippen LogP contribution in [0.3, 0.4) is 0 Å². The normalized spacial score (nSPS) is 20.5. The Balaban J connectivity index is 1.83. The topological polar surface area (TPSA) is 15.3 Å². The first-order valence-electron chi connectivity index (χ1n) is 6.59. The summed E-state index contributed by atoms with van der Waals surface area (Å²) in [7, 11) is 0. The van der Waals surface area contributed by atoms with Crippen LogP contribution in [0.25, 0.3) is 0 Å². The van der Waals surface area contributed by atoms with Crippen molar-refractivity contribution in [3.8, 4) is 0 Å². The SMILES string of the molecule is CCN1CCCC1CNCc1cc(Br)ccc1F. The van der Waals surface area contributed by atoms with Crippen LogP contribution in [0.2, 0.25) is 0 Å². The van der Waals surface area contributed by atoms with Crippen molar-refractivity contribution >= 4 is 15.9 Å². The second kappa shape index (κ2) is 6.64. The van der Waals surface area contributed by atoms with Gasteiger partial charge in [-0.25, -0.2) is 4.39 Å². The molecule has 1 saturated heterocycles. The zero-order valence-electron chi connectivity index (χ0n) is 10.8. The predicted molar refractivity (Wildman–Crippen MR) is 76.1 cm³/mol. The number of rotatable bonds is 5. The van der Waals surface area contributed by atoms with Crippen LogP contribution in [0.5, 0.6) is 0 Å². The lowest BCUT2D eigenvalue weighted by Crippen LogP contribution is -2.37. The number of nitrogens with one attached hydrogen (secondary N) is 1. The van der Waals surface area contributed by atoms with Crippen molar-refractivity contribution < 1.29 is 4.39 Å². The van der Waals surface area contributed by atoms with E-state index in [4.69, 9.17) is 0 Å². The van der Waals surface area contributed by atoms with Crippen LogP contribution in [-0.4, -0.2) is 30.6 Å². The molecule has 0 aliphatic carbocycles. The van der Waals surface area contributed by atoms with Gasteiger partial charge >= 0.3 is 0 Å². The van der Waals surface area contributed by atoms with E-state index in [9.17, 15) is 4.39 Å². The summed E-state index contributed by atoms with van der Waals surface area (Å²) in [6.07, 6.45) is 2.53. The van der Waals surface area contributed by atoms with E-state index in [1.165, 1.54) is 25.5 Å². The Bertz CT molecular complexity index is 397. The van der Waals surface area contributed by atoms with E-state index in [1.807, 2.05) is 6.07 Å². The molecule has 4 heteroatoms.